The SMILES string of the molecule is CCOC(=O)C1(N)CCC(Sc2cccc(Br)c2)C1. The molecule has 1 aromatic rings. The van der Waals surface area contributed by atoms with Crippen molar-refractivity contribution in [1.82, 2.24) is 0 Å². The molecule has 5 heteroatoms. The summed E-state index contributed by atoms with van der Waals surface area (Å²) in [5.74, 6) is -0.257. The molecule has 1 aliphatic rings. The van der Waals surface area contributed by atoms with Crippen LogP contribution < -0.4 is 5.73 Å². The fourth-order valence-electron chi connectivity index (χ4n) is 2.32. The number of carbonyl (C=O) groups is 1. The van der Waals surface area contributed by atoms with Crippen molar-refractivity contribution in [3.8, 4) is 0 Å². The first-order chi connectivity index (χ1) is 9.03. The van der Waals surface area contributed by atoms with E-state index >= 15 is 0 Å². The van der Waals surface area contributed by atoms with Crippen molar-refractivity contribution in [3.05, 3.63) is 28.7 Å². The van der Waals surface area contributed by atoms with Crippen LogP contribution in [0.15, 0.2) is 33.6 Å². The Kier molecular flexibility index (Phi) is 4.92. The van der Waals surface area contributed by atoms with Crippen molar-refractivity contribution in [1.29, 1.82) is 0 Å². The maximum Gasteiger partial charge on any atom is 0.326 e. The Morgan fingerprint density at radius 2 is 2.42 bits per heavy atom. The number of rotatable bonds is 4. The maximum atomic E-state index is 11.9. The van der Waals surface area contributed by atoms with Crippen molar-refractivity contribution in [2.45, 2.75) is 41.9 Å². The van der Waals surface area contributed by atoms with E-state index < -0.39 is 5.54 Å². The number of hydrogen-bond acceptors (Lipinski definition) is 4. The van der Waals surface area contributed by atoms with Gasteiger partial charge in [0.05, 0.1) is 6.61 Å². The average Bonchev–Trinajstić information content (AvgIpc) is 2.73. The second kappa shape index (κ2) is 6.29. The van der Waals surface area contributed by atoms with Crippen LogP contribution in [0.4, 0.5) is 0 Å². The fraction of sp³-hybridized carbons (Fsp3) is 0.500. The van der Waals surface area contributed by atoms with Crippen molar-refractivity contribution in [2.75, 3.05) is 6.61 Å². The lowest BCUT2D eigenvalue weighted by atomic mass is 10.00. The molecular formula is C14H18BrNO2S. The molecule has 2 unspecified atom stereocenters. The van der Waals surface area contributed by atoms with Crippen molar-refractivity contribution < 1.29 is 9.53 Å². The third-order valence-electron chi connectivity index (χ3n) is 3.29. The lowest BCUT2D eigenvalue weighted by molar-refractivity contribution is -0.149. The van der Waals surface area contributed by atoms with Gasteiger partial charge in [-0.05, 0) is 44.4 Å². The van der Waals surface area contributed by atoms with E-state index in [1.807, 2.05) is 19.1 Å². The first-order valence-electron chi connectivity index (χ1n) is 6.42. The Morgan fingerprint density at radius 3 is 3.11 bits per heavy atom. The molecule has 2 N–H and O–H groups in total. The van der Waals surface area contributed by atoms with Crippen LogP contribution in [0, 0.1) is 0 Å². The summed E-state index contributed by atoms with van der Waals surface area (Å²) in [6, 6.07) is 8.19. The molecule has 1 aliphatic carbocycles. The Hall–Kier alpha value is -0.520. The van der Waals surface area contributed by atoms with E-state index in [0.29, 0.717) is 24.7 Å². The zero-order valence-electron chi connectivity index (χ0n) is 10.9. The van der Waals surface area contributed by atoms with E-state index in [2.05, 4.69) is 28.1 Å². The Morgan fingerprint density at radius 1 is 1.63 bits per heavy atom. The number of hydrogen-bond donors (Lipinski definition) is 1. The zero-order valence-corrected chi connectivity index (χ0v) is 13.3. The van der Waals surface area contributed by atoms with Gasteiger partial charge >= 0.3 is 5.97 Å². The molecule has 0 spiro atoms. The van der Waals surface area contributed by atoms with Gasteiger partial charge in [0.2, 0.25) is 0 Å². The fourth-order valence-corrected chi connectivity index (χ4v) is 4.23. The van der Waals surface area contributed by atoms with Gasteiger partial charge in [-0.25, -0.2) is 0 Å². The molecule has 0 amide bonds. The quantitative estimate of drug-likeness (QED) is 0.851. The largest absolute Gasteiger partial charge is 0.465 e. The second-order valence-corrected chi connectivity index (χ2v) is 7.11. The number of thioether (sulfide) groups is 1. The molecule has 104 valence electrons. The summed E-state index contributed by atoms with van der Waals surface area (Å²) in [6.45, 7) is 2.20. The number of halogens is 1. The number of carbonyl (C=O) groups excluding carboxylic acids is 1. The Bertz CT molecular complexity index is 469. The highest BCUT2D eigenvalue weighted by atomic mass is 79.9. The van der Waals surface area contributed by atoms with Gasteiger partial charge in [0.25, 0.3) is 0 Å². The lowest BCUT2D eigenvalue weighted by Gasteiger charge is -2.21. The van der Waals surface area contributed by atoms with Crippen LogP contribution in [0.3, 0.4) is 0 Å². The molecular weight excluding hydrogens is 326 g/mol. The monoisotopic (exact) mass is 343 g/mol. The minimum absolute atomic E-state index is 0.257. The van der Waals surface area contributed by atoms with Gasteiger partial charge in [0.1, 0.15) is 5.54 Å². The van der Waals surface area contributed by atoms with E-state index in [4.69, 9.17) is 10.5 Å². The topological polar surface area (TPSA) is 52.3 Å². The van der Waals surface area contributed by atoms with Gasteiger partial charge in [-0.15, -0.1) is 11.8 Å². The smallest absolute Gasteiger partial charge is 0.326 e. The summed E-state index contributed by atoms with van der Waals surface area (Å²) in [7, 11) is 0. The molecule has 0 aliphatic heterocycles. The lowest BCUT2D eigenvalue weighted by Crippen LogP contribution is -2.47. The molecule has 2 atom stereocenters. The van der Waals surface area contributed by atoms with Gasteiger partial charge in [0, 0.05) is 14.6 Å². The van der Waals surface area contributed by atoms with Crippen LogP contribution in [-0.4, -0.2) is 23.4 Å². The summed E-state index contributed by atoms with van der Waals surface area (Å²) < 4.78 is 6.14. The van der Waals surface area contributed by atoms with Gasteiger partial charge < -0.3 is 10.5 Å². The van der Waals surface area contributed by atoms with E-state index in [0.717, 1.165) is 10.9 Å². The van der Waals surface area contributed by atoms with Crippen LogP contribution in [0.25, 0.3) is 0 Å². The van der Waals surface area contributed by atoms with Crippen LogP contribution >= 0.6 is 27.7 Å². The Labute approximate surface area is 126 Å². The van der Waals surface area contributed by atoms with Crippen LogP contribution in [0.2, 0.25) is 0 Å². The molecule has 1 saturated carbocycles. The first-order valence-corrected chi connectivity index (χ1v) is 8.09. The molecule has 0 saturated heterocycles. The zero-order chi connectivity index (χ0) is 13.9. The van der Waals surface area contributed by atoms with E-state index in [-0.39, 0.29) is 5.97 Å². The van der Waals surface area contributed by atoms with E-state index in [9.17, 15) is 4.79 Å². The van der Waals surface area contributed by atoms with Gasteiger partial charge in [-0.3, -0.25) is 4.79 Å². The second-order valence-electron chi connectivity index (χ2n) is 4.82. The van der Waals surface area contributed by atoms with Gasteiger partial charge in [-0.2, -0.15) is 0 Å². The predicted molar refractivity (Wildman–Crippen MR) is 81.2 cm³/mol. The summed E-state index contributed by atoms with van der Waals surface area (Å²) in [4.78, 5) is 13.1. The number of benzene rings is 1. The average molecular weight is 344 g/mol. The third kappa shape index (κ3) is 3.74. The highest BCUT2D eigenvalue weighted by Crippen LogP contribution is 2.40. The standard InChI is InChI=1S/C14H18BrNO2S/c1-2-18-13(17)14(16)7-6-12(9-14)19-11-5-3-4-10(15)8-11/h3-5,8,12H,2,6-7,9,16H2,1H3. The van der Waals surface area contributed by atoms with Crippen molar-refractivity contribution in [3.63, 3.8) is 0 Å². The summed E-state index contributed by atoms with van der Waals surface area (Å²) in [6.07, 6.45) is 2.34. The molecule has 0 radical (unpaired) electrons. The summed E-state index contributed by atoms with van der Waals surface area (Å²) in [5.41, 5.74) is 5.37. The molecule has 0 aromatic heterocycles. The predicted octanol–water partition coefficient (Wildman–Crippen LogP) is 3.35. The Balaban J connectivity index is 1.97. The molecule has 1 fully saturated rings. The van der Waals surface area contributed by atoms with Gasteiger partial charge in [0.15, 0.2) is 0 Å². The molecule has 1 aromatic carbocycles. The van der Waals surface area contributed by atoms with Crippen LogP contribution in [0.5, 0.6) is 0 Å². The van der Waals surface area contributed by atoms with E-state index in [1.165, 1.54) is 4.90 Å². The minimum Gasteiger partial charge on any atom is -0.465 e. The van der Waals surface area contributed by atoms with Crippen LogP contribution in [0.1, 0.15) is 26.2 Å². The molecule has 19 heavy (non-hydrogen) atoms. The van der Waals surface area contributed by atoms with Crippen molar-refractivity contribution in [2.24, 2.45) is 5.73 Å². The van der Waals surface area contributed by atoms with Crippen LogP contribution in [-0.2, 0) is 9.53 Å². The summed E-state index contributed by atoms with van der Waals surface area (Å²) in [5, 5.41) is 0.378. The first kappa shape index (κ1) is 14.9. The van der Waals surface area contributed by atoms with Gasteiger partial charge in [-0.1, -0.05) is 22.0 Å². The van der Waals surface area contributed by atoms with Crippen molar-refractivity contribution >= 4 is 33.7 Å². The number of ether oxygens (including phenoxy) is 1. The normalized spacial score (nSPS) is 26.4. The maximum absolute atomic E-state index is 11.9. The number of esters is 1. The highest BCUT2D eigenvalue weighted by Gasteiger charge is 2.43. The third-order valence-corrected chi connectivity index (χ3v) is 5.04. The molecule has 0 bridgehead atoms. The minimum atomic E-state index is -0.792. The molecule has 2 rings (SSSR count). The molecule has 0 heterocycles. The highest BCUT2D eigenvalue weighted by molar-refractivity contribution is 9.10. The number of nitrogens with two attached hydrogens (primary N) is 1. The summed E-state index contributed by atoms with van der Waals surface area (Å²) >= 11 is 5.25. The molecule has 3 nitrogen and oxygen atoms in total. The van der Waals surface area contributed by atoms with E-state index in [1.54, 1.807) is 11.8 Å².